The van der Waals surface area contributed by atoms with E-state index in [1.807, 2.05) is 13.0 Å². The number of aromatic nitrogens is 1. The van der Waals surface area contributed by atoms with Crippen LogP contribution in [-0.4, -0.2) is 4.98 Å². The van der Waals surface area contributed by atoms with Crippen molar-refractivity contribution < 1.29 is 0 Å². The van der Waals surface area contributed by atoms with Crippen LogP contribution >= 0.6 is 0 Å². The summed E-state index contributed by atoms with van der Waals surface area (Å²) in [7, 11) is 0. The standard InChI is InChI=1S/C10H16N2/c1-4-9(11)10-6-5-7(2)8(3)12-10/h5-6,9H,4,11H2,1-3H3/t9-/m0/s1. The third-order valence-corrected chi connectivity index (χ3v) is 2.19. The number of nitrogens with two attached hydrogens (primary N) is 1. The lowest BCUT2D eigenvalue weighted by Crippen LogP contribution is -2.11. The first-order chi connectivity index (χ1) is 5.65. The minimum absolute atomic E-state index is 0.0873. The molecule has 0 amide bonds. The van der Waals surface area contributed by atoms with Gasteiger partial charge in [-0.2, -0.15) is 0 Å². The van der Waals surface area contributed by atoms with Gasteiger partial charge in [-0.25, -0.2) is 0 Å². The molecule has 0 aliphatic rings. The molecule has 1 rings (SSSR count). The van der Waals surface area contributed by atoms with Gasteiger partial charge in [-0.15, -0.1) is 0 Å². The summed E-state index contributed by atoms with van der Waals surface area (Å²) < 4.78 is 0. The van der Waals surface area contributed by atoms with Gasteiger partial charge in [0.1, 0.15) is 0 Å². The molecule has 0 spiro atoms. The van der Waals surface area contributed by atoms with Crippen molar-refractivity contribution in [1.82, 2.24) is 4.98 Å². The zero-order valence-electron chi connectivity index (χ0n) is 7.96. The average molecular weight is 164 g/mol. The molecule has 0 saturated heterocycles. The molecule has 0 aliphatic carbocycles. The lowest BCUT2D eigenvalue weighted by molar-refractivity contribution is 0.672. The number of rotatable bonds is 2. The molecular formula is C10H16N2. The largest absolute Gasteiger partial charge is 0.323 e. The summed E-state index contributed by atoms with van der Waals surface area (Å²) in [5, 5.41) is 0. The maximum atomic E-state index is 5.85. The van der Waals surface area contributed by atoms with Crippen molar-refractivity contribution in [2.24, 2.45) is 5.73 Å². The predicted octanol–water partition coefficient (Wildman–Crippen LogP) is 2.11. The Morgan fingerprint density at radius 1 is 1.42 bits per heavy atom. The number of hydrogen-bond acceptors (Lipinski definition) is 2. The zero-order valence-corrected chi connectivity index (χ0v) is 7.96. The van der Waals surface area contributed by atoms with Crippen molar-refractivity contribution in [3.05, 3.63) is 29.1 Å². The van der Waals surface area contributed by atoms with Crippen LogP contribution in [0, 0.1) is 13.8 Å². The summed E-state index contributed by atoms with van der Waals surface area (Å²) >= 11 is 0. The van der Waals surface area contributed by atoms with E-state index in [9.17, 15) is 0 Å². The van der Waals surface area contributed by atoms with E-state index in [-0.39, 0.29) is 6.04 Å². The van der Waals surface area contributed by atoms with Gasteiger partial charge in [0.2, 0.25) is 0 Å². The Balaban J connectivity index is 2.96. The molecule has 0 bridgehead atoms. The van der Waals surface area contributed by atoms with E-state index in [0.717, 1.165) is 17.8 Å². The maximum Gasteiger partial charge on any atom is 0.0574 e. The Morgan fingerprint density at radius 3 is 2.58 bits per heavy atom. The number of nitrogens with zero attached hydrogens (tertiary/aromatic N) is 1. The highest BCUT2D eigenvalue weighted by molar-refractivity contribution is 5.21. The Morgan fingerprint density at radius 2 is 2.08 bits per heavy atom. The number of aryl methyl sites for hydroxylation is 2. The topological polar surface area (TPSA) is 38.9 Å². The van der Waals surface area contributed by atoms with Gasteiger partial charge in [-0.3, -0.25) is 4.98 Å². The van der Waals surface area contributed by atoms with E-state index in [1.54, 1.807) is 0 Å². The average Bonchev–Trinajstić information content (AvgIpc) is 2.08. The molecule has 2 N–H and O–H groups in total. The fraction of sp³-hybridized carbons (Fsp3) is 0.500. The lowest BCUT2D eigenvalue weighted by atomic mass is 10.1. The van der Waals surface area contributed by atoms with Gasteiger partial charge < -0.3 is 5.73 Å². The second kappa shape index (κ2) is 3.68. The van der Waals surface area contributed by atoms with Crippen LogP contribution in [0.5, 0.6) is 0 Å². The third-order valence-electron chi connectivity index (χ3n) is 2.19. The van der Waals surface area contributed by atoms with Crippen molar-refractivity contribution >= 4 is 0 Å². The minimum Gasteiger partial charge on any atom is -0.323 e. The lowest BCUT2D eigenvalue weighted by Gasteiger charge is -2.09. The number of pyridine rings is 1. The molecule has 1 aromatic rings. The van der Waals surface area contributed by atoms with Crippen LogP contribution in [0.2, 0.25) is 0 Å². The third kappa shape index (κ3) is 1.83. The van der Waals surface area contributed by atoms with Gasteiger partial charge in [0.15, 0.2) is 0 Å². The molecule has 0 fully saturated rings. The van der Waals surface area contributed by atoms with Crippen LogP contribution in [0.4, 0.5) is 0 Å². The highest BCUT2D eigenvalue weighted by Gasteiger charge is 2.04. The summed E-state index contributed by atoms with van der Waals surface area (Å²) in [6.45, 7) is 6.15. The van der Waals surface area contributed by atoms with Gasteiger partial charge in [0.05, 0.1) is 5.69 Å². The predicted molar refractivity (Wildman–Crippen MR) is 50.9 cm³/mol. The van der Waals surface area contributed by atoms with Crippen LogP contribution < -0.4 is 5.73 Å². The Hall–Kier alpha value is -0.890. The van der Waals surface area contributed by atoms with E-state index < -0.39 is 0 Å². The molecule has 2 nitrogen and oxygen atoms in total. The Bertz CT molecular complexity index is 269. The monoisotopic (exact) mass is 164 g/mol. The van der Waals surface area contributed by atoms with Gasteiger partial charge in [0.25, 0.3) is 0 Å². The Labute approximate surface area is 73.8 Å². The fourth-order valence-electron chi connectivity index (χ4n) is 1.07. The maximum absolute atomic E-state index is 5.85. The molecule has 0 saturated carbocycles. The first kappa shape index (κ1) is 9.20. The van der Waals surface area contributed by atoms with Crippen molar-refractivity contribution in [2.45, 2.75) is 33.2 Å². The summed E-state index contributed by atoms with van der Waals surface area (Å²) in [5.41, 5.74) is 9.16. The molecule has 0 unspecified atom stereocenters. The molecule has 0 aromatic carbocycles. The molecule has 0 radical (unpaired) electrons. The molecule has 1 atom stereocenters. The minimum atomic E-state index is 0.0873. The van der Waals surface area contributed by atoms with Gasteiger partial charge >= 0.3 is 0 Å². The van der Waals surface area contributed by atoms with Crippen LogP contribution in [0.15, 0.2) is 12.1 Å². The van der Waals surface area contributed by atoms with E-state index >= 15 is 0 Å². The molecule has 1 heterocycles. The zero-order chi connectivity index (χ0) is 9.14. The summed E-state index contributed by atoms with van der Waals surface area (Å²) in [4.78, 5) is 4.42. The molecule has 1 aromatic heterocycles. The smallest absolute Gasteiger partial charge is 0.0574 e. The first-order valence-corrected chi connectivity index (χ1v) is 4.35. The summed E-state index contributed by atoms with van der Waals surface area (Å²) in [6, 6.07) is 4.17. The van der Waals surface area contributed by atoms with E-state index in [4.69, 9.17) is 5.73 Å². The van der Waals surface area contributed by atoms with Crippen LogP contribution in [0.1, 0.15) is 36.3 Å². The second-order valence-corrected chi connectivity index (χ2v) is 3.15. The van der Waals surface area contributed by atoms with Crippen LogP contribution in [0.3, 0.4) is 0 Å². The molecule has 66 valence electrons. The van der Waals surface area contributed by atoms with Gasteiger partial charge in [-0.1, -0.05) is 13.0 Å². The van der Waals surface area contributed by atoms with Crippen LogP contribution in [0.25, 0.3) is 0 Å². The van der Waals surface area contributed by atoms with Crippen LogP contribution in [-0.2, 0) is 0 Å². The quantitative estimate of drug-likeness (QED) is 0.727. The molecule has 0 aliphatic heterocycles. The number of hydrogen-bond donors (Lipinski definition) is 1. The van der Waals surface area contributed by atoms with Gasteiger partial charge in [0, 0.05) is 11.7 Å². The van der Waals surface area contributed by atoms with Crippen molar-refractivity contribution in [2.75, 3.05) is 0 Å². The molecule has 12 heavy (non-hydrogen) atoms. The second-order valence-electron chi connectivity index (χ2n) is 3.15. The summed E-state index contributed by atoms with van der Waals surface area (Å²) in [6.07, 6.45) is 0.940. The van der Waals surface area contributed by atoms with Gasteiger partial charge in [-0.05, 0) is 31.9 Å². The normalized spacial score (nSPS) is 13.0. The SMILES string of the molecule is CC[C@H](N)c1ccc(C)c(C)n1. The van der Waals surface area contributed by atoms with Crippen molar-refractivity contribution in [1.29, 1.82) is 0 Å². The molecule has 2 heteroatoms. The fourth-order valence-corrected chi connectivity index (χ4v) is 1.07. The molecular weight excluding hydrogens is 148 g/mol. The Kier molecular flexibility index (Phi) is 2.82. The van der Waals surface area contributed by atoms with E-state index in [1.165, 1.54) is 5.56 Å². The van der Waals surface area contributed by atoms with E-state index in [2.05, 4.69) is 24.9 Å². The summed E-state index contributed by atoms with van der Waals surface area (Å²) in [5.74, 6) is 0. The van der Waals surface area contributed by atoms with Crippen molar-refractivity contribution in [3.63, 3.8) is 0 Å². The highest BCUT2D eigenvalue weighted by Crippen LogP contribution is 2.13. The highest BCUT2D eigenvalue weighted by atomic mass is 14.8. The van der Waals surface area contributed by atoms with E-state index in [0.29, 0.717) is 0 Å². The van der Waals surface area contributed by atoms with Crippen molar-refractivity contribution in [3.8, 4) is 0 Å². The first-order valence-electron chi connectivity index (χ1n) is 4.35.